The Morgan fingerprint density at radius 1 is 1.00 bits per heavy atom. The monoisotopic (exact) mass is 331 g/mol. The number of carbonyl (C=O) groups excluding carboxylic acids is 1. The molecule has 1 saturated heterocycles. The zero-order valence-electron chi connectivity index (χ0n) is 14.5. The highest BCUT2D eigenvalue weighted by atomic mass is 16.2. The molecule has 0 spiro atoms. The standard InChI is InChI=1S/C18H29N5O/c24-17(21-16-7-4-2-1-3-5-8-16)15-22-11-13-23(14-12-22)18-19-9-6-10-20-18/h6,9-10,16H,1-5,7-8,11-15H2,(H,21,24). The molecule has 1 amide bonds. The molecular weight excluding hydrogens is 302 g/mol. The highest BCUT2D eigenvalue weighted by Gasteiger charge is 2.21. The Morgan fingerprint density at radius 2 is 1.62 bits per heavy atom. The van der Waals surface area contributed by atoms with E-state index in [1.807, 2.05) is 6.07 Å². The largest absolute Gasteiger partial charge is 0.352 e. The molecule has 1 aliphatic heterocycles. The number of nitrogens with zero attached hydrogens (tertiary/aromatic N) is 4. The van der Waals surface area contributed by atoms with Crippen molar-refractivity contribution in [1.29, 1.82) is 0 Å². The average Bonchev–Trinajstić information content (AvgIpc) is 2.59. The summed E-state index contributed by atoms with van der Waals surface area (Å²) >= 11 is 0. The van der Waals surface area contributed by atoms with Crippen molar-refractivity contribution in [3.8, 4) is 0 Å². The van der Waals surface area contributed by atoms with Gasteiger partial charge < -0.3 is 10.2 Å². The van der Waals surface area contributed by atoms with E-state index in [-0.39, 0.29) is 5.91 Å². The van der Waals surface area contributed by atoms with Crippen LogP contribution < -0.4 is 10.2 Å². The summed E-state index contributed by atoms with van der Waals surface area (Å²) in [5.74, 6) is 0.973. The van der Waals surface area contributed by atoms with Crippen LogP contribution in [0.25, 0.3) is 0 Å². The van der Waals surface area contributed by atoms with Crippen molar-refractivity contribution in [2.24, 2.45) is 0 Å². The van der Waals surface area contributed by atoms with Gasteiger partial charge in [-0.15, -0.1) is 0 Å². The van der Waals surface area contributed by atoms with Crippen LogP contribution in [0.2, 0.25) is 0 Å². The molecule has 6 heteroatoms. The molecule has 0 atom stereocenters. The van der Waals surface area contributed by atoms with Crippen molar-refractivity contribution in [2.45, 2.75) is 51.0 Å². The molecule has 0 bridgehead atoms. The number of nitrogens with one attached hydrogen (secondary N) is 1. The number of anilines is 1. The molecule has 0 unspecified atom stereocenters. The minimum absolute atomic E-state index is 0.185. The van der Waals surface area contributed by atoms with Crippen LogP contribution in [0.15, 0.2) is 18.5 Å². The number of carbonyl (C=O) groups is 1. The van der Waals surface area contributed by atoms with E-state index in [2.05, 4.69) is 25.1 Å². The second kappa shape index (κ2) is 8.97. The molecule has 132 valence electrons. The quantitative estimate of drug-likeness (QED) is 0.912. The van der Waals surface area contributed by atoms with E-state index in [4.69, 9.17) is 0 Å². The highest BCUT2D eigenvalue weighted by Crippen LogP contribution is 2.17. The smallest absolute Gasteiger partial charge is 0.234 e. The van der Waals surface area contributed by atoms with Crippen molar-refractivity contribution >= 4 is 11.9 Å². The first kappa shape index (κ1) is 17.1. The Hall–Kier alpha value is -1.69. The summed E-state index contributed by atoms with van der Waals surface area (Å²) in [6.07, 6.45) is 12.3. The number of piperazine rings is 1. The van der Waals surface area contributed by atoms with E-state index in [0.717, 1.165) is 45.0 Å². The maximum Gasteiger partial charge on any atom is 0.234 e. The van der Waals surface area contributed by atoms with Crippen molar-refractivity contribution in [3.63, 3.8) is 0 Å². The molecule has 24 heavy (non-hydrogen) atoms. The summed E-state index contributed by atoms with van der Waals surface area (Å²) in [5.41, 5.74) is 0. The molecule has 2 aliphatic rings. The molecule has 1 N–H and O–H groups in total. The minimum Gasteiger partial charge on any atom is -0.352 e. The average molecular weight is 331 g/mol. The first-order valence-corrected chi connectivity index (χ1v) is 9.35. The Labute approximate surface area is 144 Å². The molecule has 1 saturated carbocycles. The molecule has 0 radical (unpaired) electrons. The summed E-state index contributed by atoms with van der Waals surface area (Å²) in [5, 5.41) is 3.26. The summed E-state index contributed by atoms with van der Waals surface area (Å²) < 4.78 is 0. The van der Waals surface area contributed by atoms with Crippen LogP contribution in [0.1, 0.15) is 44.9 Å². The predicted molar refractivity (Wildman–Crippen MR) is 94.9 cm³/mol. The van der Waals surface area contributed by atoms with Crippen LogP contribution in [0.4, 0.5) is 5.95 Å². The van der Waals surface area contributed by atoms with Crippen molar-refractivity contribution < 1.29 is 4.79 Å². The third-order valence-corrected chi connectivity index (χ3v) is 5.04. The topological polar surface area (TPSA) is 61.4 Å². The molecule has 1 aliphatic carbocycles. The zero-order valence-corrected chi connectivity index (χ0v) is 14.5. The fraction of sp³-hybridized carbons (Fsp3) is 0.722. The van der Waals surface area contributed by atoms with Gasteiger partial charge in [0.1, 0.15) is 0 Å². The summed E-state index contributed by atoms with van der Waals surface area (Å²) in [6.45, 7) is 4.04. The van der Waals surface area contributed by atoms with E-state index in [1.54, 1.807) is 12.4 Å². The molecule has 1 aromatic heterocycles. The van der Waals surface area contributed by atoms with Crippen LogP contribution in [0.3, 0.4) is 0 Å². The van der Waals surface area contributed by atoms with Gasteiger partial charge >= 0.3 is 0 Å². The number of hydrogen-bond donors (Lipinski definition) is 1. The molecule has 2 heterocycles. The highest BCUT2D eigenvalue weighted by molar-refractivity contribution is 5.78. The van der Waals surface area contributed by atoms with Gasteiger partial charge in [0.05, 0.1) is 6.54 Å². The van der Waals surface area contributed by atoms with Gasteiger partial charge in [-0.25, -0.2) is 9.97 Å². The molecule has 2 fully saturated rings. The van der Waals surface area contributed by atoms with Crippen molar-refractivity contribution in [1.82, 2.24) is 20.2 Å². The molecule has 0 aromatic carbocycles. The molecule has 1 aromatic rings. The van der Waals surface area contributed by atoms with E-state index < -0.39 is 0 Å². The molecular formula is C18H29N5O. The first-order valence-electron chi connectivity index (χ1n) is 9.35. The van der Waals surface area contributed by atoms with Gasteiger partial charge in [-0.05, 0) is 18.9 Å². The van der Waals surface area contributed by atoms with Crippen LogP contribution in [0, 0.1) is 0 Å². The van der Waals surface area contributed by atoms with Gasteiger partial charge in [0.15, 0.2) is 0 Å². The van der Waals surface area contributed by atoms with E-state index in [9.17, 15) is 4.79 Å². The van der Waals surface area contributed by atoms with Gasteiger partial charge in [0.25, 0.3) is 0 Å². The Bertz CT molecular complexity index is 493. The van der Waals surface area contributed by atoms with Crippen LogP contribution >= 0.6 is 0 Å². The third kappa shape index (κ3) is 5.16. The second-order valence-electron chi connectivity index (χ2n) is 6.92. The summed E-state index contributed by atoms with van der Waals surface area (Å²) in [4.78, 5) is 25.4. The molecule has 6 nitrogen and oxygen atoms in total. The normalized spacial score (nSPS) is 21.1. The number of amides is 1. The third-order valence-electron chi connectivity index (χ3n) is 5.04. The fourth-order valence-electron chi connectivity index (χ4n) is 3.64. The van der Waals surface area contributed by atoms with E-state index in [1.165, 1.54) is 32.1 Å². The maximum absolute atomic E-state index is 12.3. The lowest BCUT2D eigenvalue weighted by atomic mass is 9.97. The van der Waals surface area contributed by atoms with Gasteiger partial charge in [-0.2, -0.15) is 0 Å². The Kier molecular flexibility index (Phi) is 6.41. The molecule has 3 rings (SSSR count). The summed E-state index contributed by atoms with van der Waals surface area (Å²) in [6, 6.07) is 2.22. The lowest BCUT2D eigenvalue weighted by molar-refractivity contribution is -0.123. The van der Waals surface area contributed by atoms with Gasteiger partial charge in [0, 0.05) is 44.6 Å². The van der Waals surface area contributed by atoms with Crippen molar-refractivity contribution in [2.75, 3.05) is 37.6 Å². The Balaban J connectivity index is 1.39. The fourth-order valence-corrected chi connectivity index (χ4v) is 3.64. The first-order chi connectivity index (χ1) is 11.8. The summed E-state index contributed by atoms with van der Waals surface area (Å²) in [7, 11) is 0. The number of hydrogen-bond acceptors (Lipinski definition) is 5. The SMILES string of the molecule is O=C(CN1CCN(c2ncccn2)CC1)NC1CCCCCCC1. The predicted octanol–water partition coefficient (Wildman–Crippen LogP) is 1.83. The van der Waals surface area contributed by atoms with Crippen LogP contribution in [0.5, 0.6) is 0 Å². The zero-order chi connectivity index (χ0) is 16.6. The van der Waals surface area contributed by atoms with Crippen molar-refractivity contribution in [3.05, 3.63) is 18.5 Å². The maximum atomic E-state index is 12.3. The Morgan fingerprint density at radius 3 is 2.29 bits per heavy atom. The van der Waals surface area contributed by atoms with E-state index >= 15 is 0 Å². The minimum atomic E-state index is 0.185. The van der Waals surface area contributed by atoms with Gasteiger partial charge in [0.2, 0.25) is 11.9 Å². The van der Waals surface area contributed by atoms with E-state index in [0.29, 0.717) is 12.6 Å². The lowest BCUT2D eigenvalue weighted by Crippen LogP contribution is -2.51. The van der Waals surface area contributed by atoms with Crippen LogP contribution in [-0.2, 0) is 4.79 Å². The second-order valence-corrected chi connectivity index (χ2v) is 6.92. The number of aromatic nitrogens is 2. The lowest BCUT2D eigenvalue weighted by Gasteiger charge is -2.34. The number of rotatable bonds is 4. The van der Waals surface area contributed by atoms with Gasteiger partial charge in [-0.3, -0.25) is 9.69 Å². The van der Waals surface area contributed by atoms with Gasteiger partial charge in [-0.1, -0.05) is 32.1 Å². The van der Waals surface area contributed by atoms with Crippen LogP contribution in [-0.4, -0.2) is 59.5 Å².